The molecule has 0 amide bonds. The van der Waals surface area contributed by atoms with Crippen molar-refractivity contribution < 1.29 is 4.39 Å². The molecule has 74 valence electrons. The van der Waals surface area contributed by atoms with Gasteiger partial charge in [-0.05, 0) is 30.6 Å². The van der Waals surface area contributed by atoms with Gasteiger partial charge in [0.25, 0.3) is 0 Å². The SMILES string of the molecule is CC(C)C1(CCCF)C=CN=CC1. The Morgan fingerprint density at radius 2 is 2.31 bits per heavy atom. The summed E-state index contributed by atoms with van der Waals surface area (Å²) in [6, 6.07) is 0. The van der Waals surface area contributed by atoms with Gasteiger partial charge in [0, 0.05) is 12.4 Å². The molecule has 1 rings (SSSR count). The first-order chi connectivity index (χ1) is 6.21. The lowest BCUT2D eigenvalue weighted by molar-refractivity contribution is 0.237. The van der Waals surface area contributed by atoms with Gasteiger partial charge in [0.1, 0.15) is 0 Å². The maximum Gasteiger partial charge on any atom is 0.0894 e. The predicted octanol–water partition coefficient (Wildman–Crippen LogP) is 3.37. The van der Waals surface area contributed by atoms with E-state index in [4.69, 9.17) is 0 Å². The Bertz CT molecular complexity index is 208. The van der Waals surface area contributed by atoms with Crippen molar-refractivity contribution in [3.63, 3.8) is 0 Å². The molecule has 0 aromatic heterocycles. The normalized spacial score (nSPS) is 27.1. The Morgan fingerprint density at radius 1 is 1.54 bits per heavy atom. The van der Waals surface area contributed by atoms with E-state index in [0.29, 0.717) is 12.3 Å². The molecule has 0 saturated heterocycles. The average Bonchev–Trinajstić information content (AvgIpc) is 2.16. The molecule has 0 aliphatic carbocycles. The van der Waals surface area contributed by atoms with E-state index in [9.17, 15) is 4.39 Å². The molecule has 0 radical (unpaired) electrons. The van der Waals surface area contributed by atoms with Crippen LogP contribution < -0.4 is 0 Å². The summed E-state index contributed by atoms with van der Waals surface area (Å²) in [5.41, 5.74) is 0.161. The first-order valence-electron chi connectivity index (χ1n) is 4.96. The maximum absolute atomic E-state index is 12.1. The Labute approximate surface area is 79.8 Å². The van der Waals surface area contributed by atoms with Crippen molar-refractivity contribution in [1.29, 1.82) is 0 Å². The summed E-state index contributed by atoms with van der Waals surface area (Å²) in [6.07, 6.45) is 8.49. The number of aliphatic imine (C=N–C) groups is 1. The second kappa shape index (κ2) is 4.54. The molecule has 0 aromatic rings. The largest absolute Gasteiger partial charge is 0.269 e. The van der Waals surface area contributed by atoms with E-state index in [-0.39, 0.29) is 12.1 Å². The van der Waals surface area contributed by atoms with Crippen LogP contribution in [0.3, 0.4) is 0 Å². The average molecular weight is 183 g/mol. The number of hydrogen-bond acceptors (Lipinski definition) is 1. The van der Waals surface area contributed by atoms with Gasteiger partial charge in [-0.3, -0.25) is 9.38 Å². The molecule has 0 N–H and O–H groups in total. The standard InChI is InChI=1S/C11H18FN/c1-10(2)11(4-3-7-12)5-8-13-9-6-11/h5,8-10H,3-4,6-7H2,1-2H3. The van der Waals surface area contributed by atoms with Crippen LogP contribution in [0.25, 0.3) is 0 Å². The van der Waals surface area contributed by atoms with E-state index < -0.39 is 0 Å². The number of nitrogens with zero attached hydrogens (tertiary/aromatic N) is 1. The topological polar surface area (TPSA) is 12.4 Å². The van der Waals surface area contributed by atoms with Gasteiger partial charge in [0.2, 0.25) is 0 Å². The minimum atomic E-state index is -0.209. The molecule has 1 unspecified atom stereocenters. The van der Waals surface area contributed by atoms with E-state index in [1.54, 1.807) is 0 Å². The monoisotopic (exact) mass is 183 g/mol. The Balaban J connectivity index is 2.64. The van der Waals surface area contributed by atoms with E-state index in [1.165, 1.54) is 0 Å². The summed E-state index contributed by atoms with van der Waals surface area (Å²) in [5.74, 6) is 0.557. The predicted molar refractivity (Wildman–Crippen MR) is 54.7 cm³/mol. The van der Waals surface area contributed by atoms with Gasteiger partial charge in [0.05, 0.1) is 6.67 Å². The second-order valence-electron chi connectivity index (χ2n) is 4.03. The first kappa shape index (κ1) is 10.4. The molecular formula is C11H18FN. The molecule has 13 heavy (non-hydrogen) atoms. The van der Waals surface area contributed by atoms with Crippen LogP contribution in [0.1, 0.15) is 33.1 Å². The molecule has 2 heteroatoms. The summed E-state index contributed by atoms with van der Waals surface area (Å²) in [5, 5.41) is 0. The maximum atomic E-state index is 12.1. The zero-order chi connectivity index (χ0) is 9.73. The number of alkyl halides is 1. The molecular weight excluding hydrogens is 165 g/mol. The van der Waals surface area contributed by atoms with Crippen LogP contribution in [0.4, 0.5) is 4.39 Å². The van der Waals surface area contributed by atoms with Crippen molar-refractivity contribution in [3.8, 4) is 0 Å². The second-order valence-corrected chi connectivity index (χ2v) is 4.03. The fourth-order valence-electron chi connectivity index (χ4n) is 1.84. The highest BCUT2D eigenvalue weighted by atomic mass is 19.1. The number of allylic oxidation sites excluding steroid dienone is 1. The highest BCUT2D eigenvalue weighted by Gasteiger charge is 2.30. The van der Waals surface area contributed by atoms with Gasteiger partial charge < -0.3 is 0 Å². The third-order valence-corrected chi connectivity index (χ3v) is 2.99. The highest BCUT2D eigenvalue weighted by Crippen LogP contribution is 2.38. The van der Waals surface area contributed by atoms with Crippen molar-refractivity contribution in [1.82, 2.24) is 0 Å². The lowest BCUT2D eigenvalue weighted by Gasteiger charge is -2.34. The number of hydrogen-bond donors (Lipinski definition) is 0. The smallest absolute Gasteiger partial charge is 0.0894 e. The van der Waals surface area contributed by atoms with E-state index in [1.807, 2.05) is 12.4 Å². The lowest BCUT2D eigenvalue weighted by atomic mass is 9.71. The molecule has 0 aromatic carbocycles. The minimum absolute atomic E-state index is 0.161. The van der Waals surface area contributed by atoms with Crippen molar-refractivity contribution >= 4 is 6.21 Å². The van der Waals surface area contributed by atoms with Crippen LogP contribution in [0.2, 0.25) is 0 Å². The van der Waals surface area contributed by atoms with Gasteiger partial charge >= 0.3 is 0 Å². The first-order valence-corrected chi connectivity index (χ1v) is 4.96. The zero-order valence-corrected chi connectivity index (χ0v) is 8.46. The Kier molecular flexibility index (Phi) is 3.64. The minimum Gasteiger partial charge on any atom is -0.269 e. The Hall–Kier alpha value is -0.660. The summed E-state index contributed by atoms with van der Waals surface area (Å²) >= 11 is 0. The van der Waals surface area contributed by atoms with Gasteiger partial charge in [0.15, 0.2) is 0 Å². The number of halogens is 1. The third-order valence-electron chi connectivity index (χ3n) is 2.99. The Morgan fingerprint density at radius 3 is 2.77 bits per heavy atom. The number of rotatable bonds is 4. The molecule has 0 bridgehead atoms. The molecule has 1 aliphatic heterocycles. The van der Waals surface area contributed by atoms with Crippen LogP contribution in [0, 0.1) is 11.3 Å². The quantitative estimate of drug-likeness (QED) is 0.633. The summed E-state index contributed by atoms with van der Waals surface area (Å²) in [4.78, 5) is 4.06. The van der Waals surface area contributed by atoms with Crippen LogP contribution in [0.5, 0.6) is 0 Å². The van der Waals surface area contributed by atoms with Gasteiger partial charge in [-0.25, -0.2) is 0 Å². The molecule has 1 aliphatic rings. The van der Waals surface area contributed by atoms with Crippen molar-refractivity contribution in [2.24, 2.45) is 16.3 Å². The van der Waals surface area contributed by atoms with Gasteiger partial charge in [-0.2, -0.15) is 0 Å². The molecule has 0 fully saturated rings. The van der Waals surface area contributed by atoms with Gasteiger partial charge in [-0.1, -0.05) is 19.9 Å². The fourth-order valence-corrected chi connectivity index (χ4v) is 1.84. The van der Waals surface area contributed by atoms with E-state index >= 15 is 0 Å². The van der Waals surface area contributed by atoms with E-state index in [2.05, 4.69) is 24.9 Å². The van der Waals surface area contributed by atoms with Crippen LogP contribution in [-0.4, -0.2) is 12.9 Å². The highest BCUT2D eigenvalue weighted by molar-refractivity contribution is 5.61. The molecule has 0 spiro atoms. The molecule has 1 nitrogen and oxygen atoms in total. The molecule has 1 atom stereocenters. The van der Waals surface area contributed by atoms with Crippen LogP contribution in [-0.2, 0) is 0 Å². The van der Waals surface area contributed by atoms with Crippen molar-refractivity contribution in [2.45, 2.75) is 33.1 Å². The van der Waals surface area contributed by atoms with Crippen molar-refractivity contribution in [3.05, 3.63) is 12.3 Å². The molecule has 0 saturated carbocycles. The lowest BCUT2D eigenvalue weighted by Crippen LogP contribution is -2.27. The van der Waals surface area contributed by atoms with Gasteiger partial charge in [-0.15, -0.1) is 0 Å². The van der Waals surface area contributed by atoms with Crippen LogP contribution in [0.15, 0.2) is 17.3 Å². The van der Waals surface area contributed by atoms with E-state index in [0.717, 1.165) is 12.8 Å². The van der Waals surface area contributed by atoms with Crippen molar-refractivity contribution in [2.75, 3.05) is 6.67 Å². The third kappa shape index (κ3) is 2.39. The summed E-state index contributed by atoms with van der Waals surface area (Å²) in [7, 11) is 0. The zero-order valence-electron chi connectivity index (χ0n) is 8.46. The summed E-state index contributed by atoms with van der Waals surface area (Å²) < 4.78 is 12.1. The summed E-state index contributed by atoms with van der Waals surface area (Å²) in [6.45, 7) is 4.18. The molecule has 1 heterocycles. The van der Waals surface area contributed by atoms with Crippen LogP contribution >= 0.6 is 0 Å². The fraction of sp³-hybridized carbons (Fsp3) is 0.727.